The first-order valence-corrected chi connectivity index (χ1v) is 7.00. The van der Waals surface area contributed by atoms with Crippen LogP contribution in [0.5, 0.6) is 5.88 Å². The molecule has 0 atom stereocenters. The monoisotopic (exact) mass is 388 g/mol. The van der Waals surface area contributed by atoms with Gasteiger partial charge in [0.25, 0.3) is 0 Å². The maximum atomic E-state index is 5.68. The Labute approximate surface area is 136 Å². The van der Waals surface area contributed by atoms with Gasteiger partial charge in [0.2, 0.25) is 5.88 Å². The highest BCUT2D eigenvalue weighted by atomic mass is 127. The van der Waals surface area contributed by atoms with Gasteiger partial charge < -0.3 is 15.4 Å². The molecular weight excluding hydrogens is 367 g/mol. The summed E-state index contributed by atoms with van der Waals surface area (Å²) in [6, 6.07) is 4.00. The van der Waals surface area contributed by atoms with Crippen LogP contribution in [0.4, 0.5) is 0 Å². The molecule has 0 saturated heterocycles. The van der Waals surface area contributed by atoms with Crippen LogP contribution in [0.15, 0.2) is 23.3 Å². The van der Waals surface area contributed by atoms with Crippen LogP contribution in [0.3, 0.4) is 0 Å². The van der Waals surface area contributed by atoms with Crippen LogP contribution in [0.2, 0.25) is 0 Å². The Hall–Kier alpha value is -1.05. The van der Waals surface area contributed by atoms with Gasteiger partial charge in [0.15, 0.2) is 5.96 Å². The Morgan fingerprint density at radius 3 is 3.05 bits per heavy atom. The Kier molecular flexibility index (Phi) is 5.87. The van der Waals surface area contributed by atoms with Crippen LogP contribution in [-0.4, -0.2) is 30.6 Å². The lowest BCUT2D eigenvalue weighted by Gasteiger charge is -2.16. The maximum absolute atomic E-state index is 5.68. The Balaban J connectivity index is 0.00000147. The Morgan fingerprint density at radius 1 is 1.40 bits per heavy atom. The van der Waals surface area contributed by atoms with E-state index in [1.807, 2.05) is 12.1 Å². The summed E-state index contributed by atoms with van der Waals surface area (Å²) < 4.78 is 5.68. The van der Waals surface area contributed by atoms with Gasteiger partial charge in [-0.1, -0.05) is 0 Å². The quantitative estimate of drug-likeness (QED) is 0.757. The van der Waals surface area contributed by atoms with Crippen LogP contribution in [-0.2, 0) is 6.54 Å². The summed E-state index contributed by atoms with van der Waals surface area (Å²) in [5.74, 6) is 2.37. The number of nitrogens with one attached hydrogen (secondary N) is 2. The van der Waals surface area contributed by atoms with Crippen LogP contribution >= 0.6 is 24.0 Å². The molecule has 1 aromatic heterocycles. The fourth-order valence-electron chi connectivity index (χ4n) is 1.96. The van der Waals surface area contributed by atoms with Crippen LogP contribution in [0.1, 0.15) is 24.8 Å². The molecule has 0 unspecified atom stereocenters. The molecular formula is C14H21IN4O. The predicted molar refractivity (Wildman–Crippen MR) is 89.6 cm³/mol. The first-order chi connectivity index (χ1) is 9.40. The summed E-state index contributed by atoms with van der Waals surface area (Å²) in [6.07, 6.45) is 5.51. The molecule has 5 nitrogen and oxygen atoms in total. The minimum Gasteiger partial charge on any atom is -0.477 e. The van der Waals surface area contributed by atoms with Crippen molar-refractivity contribution in [1.29, 1.82) is 0 Å². The van der Waals surface area contributed by atoms with E-state index >= 15 is 0 Å². The van der Waals surface area contributed by atoms with Crippen molar-refractivity contribution in [3.63, 3.8) is 0 Å². The lowest BCUT2D eigenvalue weighted by molar-refractivity contribution is 0.288. The SMILES string of the molecule is I.c1cc(CNC2=NCCCN2)cc(OCC2CC2)n1. The van der Waals surface area contributed by atoms with E-state index in [-0.39, 0.29) is 24.0 Å². The molecule has 1 aromatic rings. The van der Waals surface area contributed by atoms with E-state index in [4.69, 9.17) is 4.74 Å². The van der Waals surface area contributed by atoms with Crippen molar-refractivity contribution in [1.82, 2.24) is 15.6 Å². The van der Waals surface area contributed by atoms with E-state index in [2.05, 4.69) is 20.6 Å². The topological polar surface area (TPSA) is 58.5 Å². The summed E-state index contributed by atoms with van der Waals surface area (Å²) in [5.41, 5.74) is 1.16. The number of ether oxygens (including phenoxy) is 1. The molecule has 2 N–H and O–H groups in total. The molecule has 3 rings (SSSR count). The number of pyridine rings is 1. The predicted octanol–water partition coefficient (Wildman–Crippen LogP) is 1.93. The molecule has 0 amide bonds. The molecule has 2 heterocycles. The lowest BCUT2D eigenvalue weighted by atomic mass is 10.2. The van der Waals surface area contributed by atoms with Gasteiger partial charge in [-0.3, -0.25) is 4.99 Å². The number of guanidine groups is 1. The summed E-state index contributed by atoms with van der Waals surface area (Å²) in [6.45, 7) is 3.45. The molecule has 110 valence electrons. The van der Waals surface area contributed by atoms with E-state index in [0.29, 0.717) is 0 Å². The lowest BCUT2D eigenvalue weighted by Crippen LogP contribution is -2.40. The number of nitrogens with zero attached hydrogens (tertiary/aromatic N) is 2. The fourth-order valence-corrected chi connectivity index (χ4v) is 1.96. The van der Waals surface area contributed by atoms with Crippen LogP contribution in [0.25, 0.3) is 0 Å². The third-order valence-electron chi connectivity index (χ3n) is 3.32. The zero-order valence-electron chi connectivity index (χ0n) is 11.5. The minimum atomic E-state index is 0. The van der Waals surface area contributed by atoms with Gasteiger partial charge in [-0.2, -0.15) is 0 Å². The number of hydrogen-bond acceptors (Lipinski definition) is 5. The van der Waals surface area contributed by atoms with Gasteiger partial charge in [0, 0.05) is 31.9 Å². The molecule has 1 aliphatic heterocycles. The van der Waals surface area contributed by atoms with Gasteiger partial charge >= 0.3 is 0 Å². The summed E-state index contributed by atoms with van der Waals surface area (Å²) in [4.78, 5) is 8.62. The second-order valence-corrected chi connectivity index (χ2v) is 5.12. The highest BCUT2D eigenvalue weighted by Crippen LogP contribution is 2.29. The maximum Gasteiger partial charge on any atom is 0.213 e. The van der Waals surface area contributed by atoms with Crippen LogP contribution < -0.4 is 15.4 Å². The second kappa shape index (κ2) is 7.66. The standard InChI is InChI=1S/C14H20N4O.HI/c1-5-16-14(17-6-1)18-9-12-4-7-15-13(8-12)19-10-11-2-3-11;/h4,7-8,11H,1-3,5-6,9-10H2,(H2,16,17,18);1H. The van der Waals surface area contributed by atoms with Crippen molar-refractivity contribution < 1.29 is 4.74 Å². The molecule has 1 saturated carbocycles. The van der Waals surface area contributed by atoms with Gasteiger partial charge in [-0.25, -0.2) is 4.98 Å². The van der Waals surface area contributed by atoms with Crippen molar-refractivity contribution in [2.24, 2.45) is 10.9 Å². The fraction of sp³-hybridized carbons (Fsp3) is 0.571. The molecule has 0 aromatic carbocycles. The molecule has 0 bridgehead atoms. The van der Waals surface area contributed by atoms with Gasteiger partial charge in [-0.05, 0) is 36.8 Å². The average molecular weight is 388 g/mol. The van der Waals surface area contributed by atoms with E-state index in [1.54, 1.807) is 6.20 Å². The number of aromatic nitrogens is 1. The smallest absolute Gasteiger partial charge is 0.213 e. The zero-order valence-corrected chi connectivity index (χ0v) is 13.8. The highest BCUT2D eigenvalue weighted by molar-refractivity contribution is 14.0. The average Bonchev–Trinajstić information content (AvgIpc) is 3.29. The molecule has 0 radical (unpaired) electrons. The molecule has 1 fully saturated rings. The van der Waals surface area contributed by atoms with Crippen LogP contribution in [0, 0.1) is 5.92 Å². The van der Waals surface area contributed by atoms with E-state index in [9.17, 15) is 0 Å². The van der Waals surface area contributed by atoms with Crippen molar-refractivity contribution in [3.05, 3.63) is 23.9 Å². The largest absolute Gasteiger partial charge is 0.477 e. The number of rotatable bonds is 5. The van der Waals surface area contributed by atoms with Gasteiger partial charge in [-0.15, -0.1) is 24.0 Å². The van der Waals surface area contributed by atoms with E-state index in [0.717, 1.165) is 56.0 Å². The van der Waals surface area contributed by atoms with Crippen molar-refractivity contribution in [2.75, 3.05) is 19.7 Å². The second-order valence-electron chi connectivity index (χ2n) is 5.12. The summed E-state index contributed by atoms with van der Waals surface area (Å²) in [7, 11) is 0. The molecule has 20 heavy (non-hydrogen) atoms. The zero-order chi connectivity index (χ0) is 12.9. The van der Waals surface area contributed by atoms with Crippen molar-refractivity contribution >= 4 is 29.9 Å². The molecule has 0 spiro atoms. The van der Waals surface area contributed by atoms with Crippen molar-refractivity contribution in [2.45, 2.75) is 25.8 Å². The highest BCUT2D eigenvalue weighted by Gasteiger charge is 2.22. The third kappa shape index (κ3) is 4.81. The van der Waals surface area contributed by atoms with Gasteiger partial charge in [0.1, 0.15) is 0 Å². The first-order valence-electron chi connectivity index (χ1n) is 7.00. The normalized spacial score (nSPS) is 17.5. The Bertz CT molecular complexity index is 462. The molecule has 6 heteroatoms. The summed E-state index contributed by atoms with van der Waals surface area (Å²) in [5, 5.41) is 6.54. The molecule has 1 aliphatic carbocycles. The number of aliphatic imine (C=N–C) groups is 1. The third-order valence-corrected chi connectivity index (χ3v) is 3.32. The number of halogens is 1. The summed E-state index contributed by atoms with van der Waals surface area (Å²) >= 11 is 0. The number of hydrogen-bond donors (Lipinski definition) is 2. The first kappa shape index (κ1) is 15.3. The van der Waals surface area contributed by atoms with E-state index < -0.39 is 0 Å². The van der Waals surface area contributed by atoms with E-state index in [1.165, 1.54) is 12.8 Å². The minimum absolute atomic E-state index is 0. The Morgan fingerprint density at radius 2 is 2.30 bits per heavy atom. The van der Waals surface area contributed by atoms with Crippen molar-refractivity contribution in [3.8, 4) is 5.88 Å². The van der Waals surface area contributed by atoms with Gasteiger partial charge in [0.05, 0.1) is 6.61 Å². The molecule has 2 aliphatic rings.